The molecular formula is C15H23BrClN3O. The summed E-state index contributed by atoms with van der Waals surface area (Å²) in [5, 5.41) is 3.06. The van der Waals surface area contributed by atoms with Gasteiger partial charge in [-0.25, -0.2) is 0 Å². The zero-order valence-corrected chi connectivity index (χ0v) is 14.6. The van der Waals surface area contributed by atoms with E-state index < -0.39 is 0 Å². The predicted octanol–water partition coefficient (Wildman–Crippen LogP) is 2.69. The summed E-state index contributed by atoms with van der Waals surface area (Å²) >= 11 is 3.57. The van der Waals surface area contributed by atoms with Crippen LogP contribution in [0.25, 0.3) is 0 Å². The SMILES string of the molecule is CCCC(N)C(=O)NC1CCN(c2ccccc2Br)C1.Cl. The number of anilines is 1. The molecule has 1 aliphatic heterocycles. The zero-order chi connectivity index (χ0) is 14.5. The Morgan fingerprint density at radius 3 is 2.90 bits per heavy atom. The van der Waals surface area contributed by atoms with Crippen LogP contribution in [0.1, 0.15) is 26.2 Å². The lowest BCUT2D eigenvalue weighted by Gasteiger charge is -2.21. The number of carbonyl (C=O) groups is 1. The highest BCUT2D eigenvalue weighted by Crippen LogP contribution is 2.28. The van der Waals surface area contributed by atoms with Crippen molar-refractivity contribution in [2.75, 3.05) is 18.0 Å². The van der Waals surface area contributed by atoms with E-state index >= 15 is 0 Å². The van der Waals surface area contributed by atoms with E-state index in [1.54, 1.807) is 0 Å². The van der Waals surface area contributed by atoms with Crippen molar-refractivity contribution in [2.24, 2.45) is 5.73 Å². The van der Waals surface area contributed by atoms with Crippen molar-refractivity contribution in [2.45, 2.75) is 38.3 Å². The predicted molar refractivity (Wildman–Crippen MR) is 93.0 cm³/mol. The maximum absolute atomic E-state index is 11.9. The van der Waals surface area contributed by atoms with Crippen LogP contribution in [-0.4, -0.2) is 31.1 Å². The maximum Gasteiger partial charge on any atom is 0.237 e. The molecule has 21 heavy (non-hydrogen) atoms. The third kappa shape index (κ3) is 4.87. The number of rotatable bonds is 5. The average Bonchev–Trinajstić information content (AvgIpc) is 2.87. The quantitative estimate of drug-likeness (QED) is 0.830. The Bertz CT molecular complexity index is 472. The molecule has 1 fully saturated rings. The molecule has 0 radical (unpaired) electrons. The molecule has 0 spiro atoms. The summed E-state index contributed by atoms with van der Waals surface area (Å²) in [4.78, 5) is 14.2. The van der Waals surface area contributed by atoms with E-state index in [-0.39, 0.29) is 30.4 Å². The molecular weight excluding hydrogens is 354 g/mol. The topological polar surface area (TPSA) is 58.4 Å². The summed E-state index contributed by atoms with van der Waals surface area (Å²) in [7, 11) is 0. The standard InChI is InChI=1S/C15H22BrN3O.ClH/c1-2-5-13(17)15(20)18-11-8-9-19(10-11)14-7-4-3-6-12(14)16;/h3-4,6-7,11,13H,2,5,8-10,17H2,1H3,(H,18,20);1H. The molecule has 118 valence electrons. The number of nitrogens with two attached hydrogens (primary N) is 1. The minimum Gasteiger partial charge on any atom is -0.368 e. The highest BCUT2D eigenvalue weighted by molar-refractivity contribution is 9.10. The van der Waals surface area contributed by atoms with Crippen LogP contribution in [0.4, 0.5) is 5.69 Å². The van der Waals surface area contributed by atoms with E-state index in [4.69, 9.17) is 5.73 Å². The Balaban J connectivity index is 0.00000220. The summed E-state index contributed by atoms with van der Waals surface area (Å²) in [6, 6.07) is 7.99. The summed E-state index contributed by atoms with van der Waals surface area (Å²) in [5.41, 5.74) is 7.03. The highest BCUT2D eigenvalue weighted by Gasteiger charge is 2.26. The molecule has 2 unspecified atom stereocenters. The Morgan fingerprint density at radius 2 is 2.24 bits per heavy atom. The minimum absolute atomic E-state index is 0. The minimum atomic E-state index is -0.377. The summed E-state index contributed by atoms with van der Waals surface area (Å²) in [6.07, 6.45) is 2.64. The second kappa shape index (κ2) is 8.61. The smallest absolute Gasteiger partial charge is 0.237 e. The first kappa shape index (κ1) is 18.3. The van der Waals surface area contributed by atoms with Crippen molar-refractivity contribution in [1.82, 2.24) is 5.32 Å². The van der Waals surface area contributed by atoms with Gasteiger partial charge in [-0.2, -0.15) is 0 Å². The monoisotopic (exact) mass is 375 g/mol. The van der Waals surface area contributed by atoms with Crippen LogP contribution in [0.15, 0.2) is 28.7 Å². The molecule has 2 atom stereocenters. The Hall–Kier alpha value is -0.780. The van der Waals surface area contributed by atoms with Gasteiger partial charge in [0.1, 0.15) is 0 Å². The lowest BCUT2D eigenvalue weighted by atomic mass is 10.1. The van der Waals surface area contributed by atoms with Gasteiger partial charge >= 0.3 is 0 Å². The lowest BCUT2D eigenvalue weighted by Crippen LogP contribution is -2.46. The van der Waals surface area contributed by atoms with E-state index in [1.165, 1.54) is 5.69 Å². The fraction of sp³-hybridized carbons (Fsp3) is 0.533. The van der Waals surface area contributed by atoms with E-state index in [0.29, 0.717) is 0 Å². The van der Waals surface area contributed by atoms with E-state index in [1.807, 2.05) is 25.1 Å². The van der Waals surface area contributed by atoms with Crippen molar-refractivity contribution in [3.05, 3.63) is 28.7 Å². The van der Waals surface area contributed by atoms with E-state index in [9.17, 15) is 4.79 Å². The molecule has 2 rings (SSSR count). The number of hydrogen-bond donors (Lipinski definition) is 2. The highest BCUT2D eigenvalue weighted by atomic mass is 79.9. The van der Waals surface area contributed by atoms with Crippen LogP contribution >= 0.6 is 28.3 Å². The second-order valence-electron chi connectivity index (χ2n) is 5.29. The molecule has 3 N–H and O–H groups in total. The van der Waals surface area contributed by atoms with Gasteiger partial charge in [0, 0.05) is 23.6 Å². The third-order valence-corrected chi connectivity index (χ3v) is 4.33. The van der Waals surface area contributed by atoms with Gasteiger partial charge in [0.15, 0.2) is 0 Å². The van der Waals surface area contributed by atoms with Crippen molar-refractivity contribution < 1.29 is 4.79 Å². The van der Waals surface area contributed by atoms with Crippen LogP contribution in [-0.2, 0) is 4.79 Å². The third-order valence-electron chi connectivity index (χ3n) is 3.66. The number of amides is 1. The summed E-state index contributed by atoms with van der Waals surface area (Å²) < 4.78 is 1.09. The van der Waals surface area contributed by atoms with Gasteiger partial charge in [-0.3, -0.25) is 4.79 Å². The number of para-hydroxylation sites is 1. The molecule has 0 bridgehead atoms. The molecule has 0 saturated carbocycles. The van der Waals surface area contributed by atoms with Gasteiger partial charge in [-0.05, 0) is 40.9 Å². The first-order valence-electron chi connectivity index (χ1n) is 7.17. The van der Waals surface area contributed by atoms with Gasteiger partial charge in [0.25, 0.3) is 0 Å². The maximum atomic E-state index is 11.9. The van der Waals surface area contributed by atoms with Gasteiger partial charge in [-0.15, -0.1) is 12.4 Å². The number of benzene rings is 1. The molecule has 1 aliphatic rings. The van der Waals surface area contributed by atoms with Crippen LogP contribution in [0.5, 0.6) is 0 Å². The molecule has 0 aromatic heterocycles. The number of hydrogen-bond acceptors (Lipinski definition) is 3. The molecule has 1 amide bonds. The van der Waals surface area contributed by atoms with Crippen molar-refractivity contribution in [1.29, 1.82) is 0 Å². The van der Waals surface area contributed by atoms with E-state index in [2.05, 4.69) is 32.2 Å². The van der Waals surface area contributed by atoms with Crippen LogP contribution in [0.2, 0.25) is 0 Å². The van der Waals surface area contributed by atoms with Crippen molar-refractivity contribution >= 4 is 39.9 Å². The molecule has 1 aromatic rings. The van der Waals surface area contributed by atoms with Crippen LogP contribution < -0.4 is 16.0 Å². The Kier molecular flexibility index (Phi) is 7.49. The van der Waals surface area contributed by atoms with Crippen LogP contribution in [0, 0.1) is 0 Å². The van der Waals surface area contributed by atoms with Gasteiger partial charge in [-0.1, -0.05) is 25.5 Å². The number of halogens is 2. The molecule has 1 saturated heterocycles. The lowest BCUT2D eigenvalue weighted by molar-refractivity contribution is -0.123. The fourth-order valence-corrected chi connectivity index (χ4v) is 3.09. The first-order valence-corrected chi connectivity index (χ1v) is 7.96. The normalized spacial score (nSPS) is 19.0. The number of carbonyl (C=O) groups excluding carboxylic acids is 1. The largest absolute Gasteiger partial charge is 0.368 e. The van der Waals surface area contributed by atoms with Crippen molar-refractivity contribution in [3.63, 3.8) is 0 Å². The number of nitrogens with one attached hydrogen (secondary N) is 1. The molecule has 6 heteroatoms. The Morgan fingerprint density at radius 1 is 1.52 bits per heavy atom. The van der Waals surface area contributed by atoms with Gasteiger partial charge in [0.2, 0.25) is 5.91 Å². The zero-order valence-electron chi connectivity index (χ0n) is 12.2. The van der Waals surface area contributed by atoms with Crippen LogP contribution in [0.3, 0.4) is 0 Å². The average molecular weight is 377 g/mol. The first-order chi connectivity index (χ1) is 9.61. The molecule has 0 aliphatic carbocycles. The second-order valence-corrected chi connectivity index (χ2v) is 6.14. The van der Waals surface area contributed by atoms with Crippen molar-refractivity contribution in [3.8, 4) is 0 Å². The molecule has 1 heterocycles. The summed E-state index contributed by atoms with van der Waals surface area (Å²) in [6.45, 7) is 3.83. The molecule has 4 nitrogen and oxygen atoms in total. The van der Waals surface area contributed by atoms with Gasteiger partial charge in [0.05, 0.1) is 11.7 Å². The fourth-order valence-electron chi connectivity index (χ4n) is 2.56. The van der Waals surface area contributed by atoms with Gasteiger partial charge < -0.3 is 16.0 Å². The summed E-state index contributed by atoms with van der Waals surface area (Å²) in [5.74, 6) is -0.0224. The Labute approximate surface area is 141 Å². The molecule has 1 aromatic carbocycles. The van der Waals surface area contributed by atoms with E-state index in [0.717, 1.165) is 36.8 Å². The number of nitrogens with zero attached hydrogens (tertiary/aromatic N) is 1.